The second kappa shape index (κ2) is 8.07. The van der Waals surface area contributed by atoms with Crippen molar-refractivity contribution >= 4 is 23.1 Å². The molecule has 3 aromatic rings. The molecule has 0 aliphatic carbocycles. The summed E-state index contributed by atoms with van der Waals surface area (Å²) in [5.74, 6) is 1.35. The number of piperazine rings is 1. The van der Waals surface area contributed by atoms with Crippen LogP contribution in [0, 0.1) is 26.6 Å². The lowest BCUT2D eigenvalue weighted by molar-refractivity contribution is 0.623. The number of rotatable bonds is 4. The predicted molar refractivity (Wildman–Crippen MR) is 117 cm³/mol. The van der Waals surface area contributed by atoms with Crippen molar-refractivity contribution < 1.29 is 4.39 Å². The van der Waals surface area contributed by atoms with Crippen LogP contribution >= 0.6 is 0 Å². The van der Waals surface area contributed by atoms with Gasteiger partial charge in [-0.3, -0.25) is 0 Å². The van der Waals surface area contributed by atoms with E-state index in [-0.39, 0.29) is 5.82 Å². The van der Waals surface area contributed by atoms with Crippen molar-refractivity contribution in [3.8, 4) is 0 Å². The van der Waals surface area contributed by atoms with Crippen LogP contribution in [0.2, 0.25) is 0 Å². The smallest absolute Gasteiger partial charge is 0.227 e. The van der Waals surface area contributed by atoms with Gasteiger partial charge in [-0.05, 0) is 56.7 Å². The number of hydrogen-bond donors (Lipinski definition) is 1. The van der Waals surface area contributed by atoms with Crippen LogP contribution in [0.1, 0.15) is 16.8 Å². The number of anilines is 4. The standard InChI is InChI=1S/C23H26FN5/c1-16-4-9-21(17(2)14-16)26-22-15-18(3)25-23(27-22)29-12-10-28(11-13-29)20-7-5-19(24)6-8-20/h4-9,14-15H,10-13H2,1-3H3,(H,25,26,27). The van der Waals surface area contributed by atoms with Gasteiger partial charge in [-0.1, -0.05) is 17.7 Å². The molecule has 1 fully saturated rings. The van der Waals surface area contributed by atoms with Crippen LogP contribution < -0.4 is 15.1 Å². The highest BCUT2D eigenvalue weighted by Gasteiger charge is 2.20. The van der Waals surface area contributed by atoms with Crippen LogP contribution in [-0.2, 0) is 0 Å². The van der Waals surface area contributed by atoms with Gasteiger partial charge in [0.2, 0.25) is 5.95 Å². The van der Waals surface area contributed by atoms with Gasteiger partial charge in [0, 0.05) is 49.3 Å². The summed E-state index contributed by atoms with van der Waals surface area (Å²) in [7, 11) is 0. The third kappa shape index (κ3) is 4.47. The summed E-state index contributed by atoms with van der Waals surface area (Å²) in [6, 6.07) is 15.0. The van der Waals surface area contributed by atoms with E-state index < -0.39 is 0 Å². The third-order valence-corrected chi connectivity index (χ3v) is 5.24. The van der Waals surface area contributed by atoms with Gasteiger partial charge in [-0.2, -0.15) is 4.98 Å². The Bertz CT molecular complexity index is 995. The quantitative estimate of drug-likeness (QED) is 0.704. The van der Waals surface area contributed by atoms with E-state index in [2.05, 4.69) is 52.1 Å². The zero-order valence-electron chi connectivity index (χ0n) is 17.1. The molecule has 6 heteroatoms. The number of halogens is 1. The first-order chi connectivity index (χ1) is 14.0. The number of aryl methyl sites for hydroxylation is 3. The normalized spacial score (nSPS) is 14.2. The van der Waals surface area contributed by atoms with E-state index in [9.17, 15) is 4.39 Å². The van der Waals surface area contributed by atoms with Crippen molar-refractivity contribution in [2.45, 2.75) is 20.8 Å². The van der Waals surface area contributed by atoms with Crippen molar-refractivity contribution in [1.29, 1.82) is 0 Å². The number of nitrogens with one attached hydrogen (secondary N) is 1. The van der Waals surface area contributed by atoms with Crippen LogP contribution in [0.15, 0.2) is 48.5 Å². The van der Waals surface area contributed by atoms with Gasteiger partial charge in [0.05, 0.1) is 0 Å². The van der Waals surface area contributed by atoms with Crippen LogP contribution in [0.25, 0.3) is 0 Å². The fraction of sp³-hybridized carbons (Fsp3) is 0.304. The van der Waals surface area contributed by atoms with Crippen LogP contribution in [0.5, 0.6) is 0 Å². The topological polar surface area (TPSA) is 44.3 Å². The molecule has 0 saturated carbocycles. The molecule has 1 aromatic heterocycles. The molecule has 2 aromatic carbocycles. The molecule has 0 radical (unpaired) electrons. The van der Waals surface area contributed by atoms with Gasteiger partial charge < -0.3 is 15.1 Å². The zero-order valence-corrected chi connectivity index (χ0v) is 17.1. The Kier molecular flexibility index (Phi) is 5.34. The second-order valence-corrected chi connectivity index (χ2v) is 7.59. The fourth-order valence-corrected chi connectivity index (χ4v) is 3.67. The predicted octanol–water partition coefficient (Wildman–Crippen LogP) is 4.61. The Morgan fingerprint density at radius 1 is 0.828 bits per heavy atom. The number of benzene rings is 2. The number of aromatic nitrogens is 2. The molecular weight excluding hydrogens is 365 g/mol. The Morgan fingerprint density at radius 2 is 1.52 bits per heavy atom. The summed E-state index contributed by atoms with van der Waals surface area (Å²) in [4.78, 5) is 13.9. The van der Waals surface area contributed by atoms with Crippen LogP contribution in [0.4, 0.5) is 27.5 Å². The van der Waals surface area contributed by atoms with Crippen LogP contribution in [0.3, 0.4) is 0 Å². The molecule has 0 bridgehead atoms. The monoisotopic (exact) mass is 391 g/mol. The first kappa shape index (κ1) is 19.2. The van der Waals surface area contributed by atoms with Gasteiger partial charge in [0.15, 0.2) is 0 Å². The largest absolute Gasteiger partial charge is 0.368 e. The summed E-state index contributed by atoms with van der Waals surface area (Å²) < 4.78 is 13.2. The highest BCUT2D eigenvalue weighted by molar-refractivity contribution is 5.62. The van der Waals surface area contributed by atoms with Crippen molar-refractivity contribution in [1.82, 2.24) is 9.97 Å². The average Bonchev–Trinajstić information content (AvgIpc) is 2.70. The highest BCUT2D eigenvalue weighted by Crippen LogP contribution is 2.24. The zero-order chi connectivity index (χ0) is 20.4. The molecule has 29 heavy (non-hydrogen) atoms. The lowest BCUT2D eigenvalue weighted by atomic mass is 10.1. The maximum absolute atomic E-state index is 13.2. The van der Waals surface area contributed by atoms with Gasteiger partial charge in [-0.25, -0.2) is 9.37 Å². The molecule has 2 heterocycles. The molecule has 0 unspecified atom stereocenters. The summed E-state index contributed by atoms with van der Waals surface area (Å²) in [6.45, 7) is 9.53. The van der Waals surface area contributed by atoms with Crippen molar-refractivity contribution in [3.63, 3.8) is 0 Å². The average molecular weight is 391 g/mol. The second-order valence-electron chi connectivity index (χ2n) is 7.59. The van der Waals surface area contributed by atoms with Crippen molar-refractivity contribution in [2.75, 3.05) is 41.3 Å². The minimum absolute atomic E-state index is 0.204. The molecule has 0 amide bonds. The summed E-state index contributed by atoms with van der Waals surface area (Å²) in [5, 5.41) is 3.44. The Morgan fingerprint density at radius 3 is 2.21 bits per heavy atom. The Labute approximate surface area is 171 Å². The van der Waals surface area contributed by atoms with E-state index in [4.69, 9.17) is 4.98 Å². The maximum Gasteiger partial charge on any atom is 0.227 e. The molecule has 0 spiro atoms. The van der Waals surface area contributed by atoms with Crippen LogP contribution in [-0.4, -0.2) is 36.1 Å². The highest BCUT2D eigenvalue weighted by atomic mass is 19.1. The lowest BCUT2D eigenvalue weighted by Crippen LogP contribution is -2.47. The molecule has 1 aliphatic heterocycles. The van der Waals surface area contributed by atoms with Crippen molar-refractivity contribution in [2.24, 2.45) is 0 Å². The molecule has 150 valence electrons. The Balaban J connectivity index is 1.47. The van der Waals surface area contributed by atoms with E-state index >= 15 is 0 Å². The van der Waals surface area contributed by atoms with E-state index in [0.717, 1.165) is 55.0 Å². The molecule has 4 rings (SSSR count). The Hall–Kier alpha value is -3.15. The fourth-order valence-electron chi connectivity index (χ4n) is 3.67. The van der Waals surface area contributed by atoms with Gasteiger partial charge >= 0.3 is 0 Å². The number of nitrogens with zero attached hydrogens (tertiary/aromatic N) is 4. The molecular formula is C23H26FN5. The number of hydrogen-bond acceptors (Lipinski definition) is 5. The summed E-state index contributed by atoms with van der Waals surface area (Å²) >= 11 is 0. The molecule has 0 atom stereocenters. The summed E-state index contributed by atoms with van der Waals surface area (Å²) in [5.41, 5.74) is 5.47. The molecule has 5 nitrogen and oxygen atoms in total. The SMILES string of the molecule is Cc1ccc(Nc2cc(C)nc(N3CCN(c4ccc(F)cc4)CC3)n2)c(C)c1. The first-order valence-corrected chi connectivity index (χ1v) is 9.93. The summed E-state index contributed by atoms with van der Waals surface area (Å²) in [6.07, 6.45) is 0. The minimum atomic E-state index is -0.204. The third-order valence-electron chi connectivity index (χ3n) is 5.24. The maximum atomic E-state index is 13.2. The first-order valence-electron chi connectivity index (χ1n) is 9.93. The van der Waals surface area contributed by atoms with E-state index in [1.807, 2.05) is 25.1 Å². The lowest BCUT2D eigenvalue weighted by Gasteiger charge is -2.36. The van der Waals surface area contributed by atoms with Gasteiger partial charge in [0.1, 0.15) is 11.6 Å². The van der Waals surface area contributed by atoms with Crippen molar-refractivity contribution in [3.05, 3.63) is 71.2 Å². The van der Waals surface area contributed by atoms with Gasteiger partial charge in [0.25, 0.3) is 0 Å². The van der Waals surface area contributed by atoms with E-state index in [1.165, 1.54) is 23.3 Å². The molecule has 1 aliphatic rings. The molecule has 1 N–H and O–H groups in total. The van der Waals surface area contributed by atoms with E-state index in [0.29, 0.717) is 0 Å². The van der Waals surface area contributed by atoms with Gasteiger partial charge in [-0.15, -0.1) is 0 Å². The molecule has 1 saturated heterocycles. The minimum Gasteiger partial charge on any atom is -0.368 e. The van der Waals surface area contributed by atoms with E-state index in [1.54, 1.807) is 0 Å².